The molecule has 0 bridgehead atoms. The van der Waals surface area contributed by atoms with Crippen LogP contribution in [0.15, 0.2) is 102 Å². The van der Waals surface area contributed by atoms with Crippen molar-refractivity contribution >= 4 is 18.1 Å². The molecule has 1 fully saturated rings. The Hall–Kier alpha value is -5.38. The highest BCUT2D eigenvalue weighted by molar-refractivity contribution is 5.94. The second kappa shape index (κ2) is 13.2. The summed E-state index contributed by atoms with van der Waals surface area (Å²) in [5.41, 5.74) is 4.62. The molecule has 1 saturated heterocycles. The van der Waals surface area contributed by atoms with Crippen LogP contribution >= 0.6 is 0 Å². The zero-order chi connectivity index (χ0) is 33.1. The number of rotatable bonds is 6. The molecule has 0 saturated carbocycles. The molecule has 0 spiro atoms. The third kappa shape index (κ3) is 7.06. The van der Waals surface area contributed by atoms with E-state index in [0.717, 1.165) is 22.3 Å². The van der Waals surface area contributed by atoms with Gasteiger partial charge >= 0.3 is 12.2 Å². The number of carbonyl (C=O) groups is 3. The SMILES string of the molecule is CC(C)(C)OC(=O)N1CC[C@H](NC(=O)c2ccc(-n3ccccc3=O)cc2)[C@H](NC(=O)OCC2c3ccccc3-c3ccccc32)C1. The Bertz CT molecular complexity index is 1800. The van der Waals surface area contributed by atoms with Gasteiger partial charge in [-0.25, -0.2) is 9.59 Å². The number of hydrogen-bond acceptors (Lipinski definition) is 6. The molecule has 1 aliphatic carbocycles. The van der Waals surface area contributed by atoms with Crippen LogP contribution in [0.2, 0.25) is 0 Å². The summed E-state index contributed by atoms with van der Waals surface area (Å²) in [5.74, 6) is -0.449. The van der Waals surface area contributed by atoms with E-state index in [-0.39, 0.29) is 30.5 Å². The standard InChI is InChI=1S/C37H38N4O6/c1-37(2,3)47-36(45)40-21-19-31(38-34(43)24-15-17-25(18-16-24)41-20-9-8-14-33(41)42)32(22-40)39-35(44)46-23-30-28-12-6-4-10-26(28)27-11-5-7-13-29(27)30/h4-18,20,30-32H,19,21-23H2,1-3H3,(H,38,43)(H,39,44)/t31-,32+/m0/s1. The average molecular weight is 635 g/mol. The predicted molar refractivity (Wildman–Crippen MR) is 178 cm³/mol. The van der Waals surface area contributed by atoms with E-state index in [9.17, 15) is 19.2 Å². The largest absolute Gasteiger partial charge is 0.449 e. The highest BCUT2D eigenvalue weighted by Gasteiger charge is 2.36. The van der Waals surface area contributed by atoms with Crippen molar-refractivity contribution in [1.82, 2.24) is 20.1 Å². The van der Waals surface area contributed by atoms with Crippen LogP contribution in [0.4, 0.5) is 9.59 Å². The number of ether oxygens (including phenoxy) is 2. The van der Waals surface area contributed by atoms with Crippen molar-refractivity contribution < 1.29 is 23.9 Å². The molecule has 3 amide bonds. The number of nitrogens with one attached hydrogen (secondary N) is 2. The van der Waals surface area contributed by atoms with E-state index in [1.807, 2.05) is 24.3 Å². The topological polar surface area (TPSA) is 119 Å². The van der Waals surface area contributed by atoms with Gasteiger partial charge in [0.15, 0.2) is 0 Å². The predicted octanol–water partition coefficient (Wildman–Crippen LogP) is 5.48. The Balaban J connectivity index is 1.15. The highest BCUT2D eigenvalue weighted by Crippen LogP contribution is 2.44. The molecule has 2 atom stereocenters. The summed E-state index contributed by atoms with van der Waals surface area (Å²) in [6, 6.07) is 26.7. The summed E-state index contributed by atoms with van der Waals surface area (Å²) in [4.78, 5) is 53.4. The van der Waals surface area contributed by atoms with Crippen molar-refractivity contribution in [3.63, 3.8) is 0 Å². The van der Waals surface area contributed by atoms with Crippen LogP contribution in [-0.4, -0.2) is 64.9 Å². The fourth-order valence-corrected chi connectivity index (χ4v) is 6.22. The molecule has 10 nitrogen and oxygen atoms in total. The van der Waals surface area contributed by atoms with Crippen molar-refractivity contribution in [1.29, 1.82) is 0 Å². The number of nitrogens with zero attached hydrogens (tertiary/aromatic N) is 2. The third-order valence-corrected chi connectivity index (χ3v) is 8.46. The molecule has 1 aliphatic heterocycles. The van der Waals surface area contributed by atoms with Gasteiger partial charge in [-0.3, -0.25) is 14.2 Å². The minimum Gasteiger partial charge on any atom is -0.449 e. The Kier molecular flexibility index (Phi) is 8.84. The number of pyridine rings is 1. The lowest BCUT2D eigenvalue weighted by molar-refractivity contribution is 0.0159. The number of benzene rings is 3. The molecule has 2 N–H and O–H groups in total. The van der Waals surface area contributed by atoms with Gasteiger partial charge in [0.25, 0.3) is 11.5 Å². The lowest BCUT2D eigenvalue weighted by atomic mass is 9.98. The van der Waals surface area contributed by atoms with Gasteiger partial charge in [0.05, 0.1) is 12.1 Å². The molecule has 0 radical (unpaired) electrons. The summed E-state index contributed by atoms with van der Waals surface area (Å²) in [6.07, 6.45) is 0.917. The number of amides is 3. The van der Waals surface area contributed by atoms with Crippen molar-refractivity contribution in [2.75, 3.05) is 19.7 Å². The van der Waals surface area contributed by atoms with E-state index in [1.165, 1.54) is 15.5 Å². The molecule has 10 heteroatoms. The first kappa shape index (κ1) is 31.6. The van der Waals surface area contributed by atoms with Gasteiger partial charge < -0.3 is 25.0 Å². The Morgan fingerprint density at radius 3 is 2.09 bits per heavy atom. The summed E-state index contributed by atoms with van der Waals surface area (Å²) in [6.45, 7) is 5.98. The van der Waals surface area contributed by atoms with Crippen LogP contribution in [0.5, 0.6) is 0 Å². The van der Waals surface area contributed by atoms with Crippen LogP contribution in [0.3, 0.4) is 0 Å². The molecule has 242 valence electrons. The number of fused-ring (bicyclic) bond motifs is 3. The van der Waals surface area contributed by atoms with Crippen molar-refractivity contribution in [3.05, 3.63) is 124 Å². The van der Waals surface area contributed by atoms with Crippen LogP contribution in [0, 0.1) is 0 Å². The van der Waals surface area contributed by atoms with E-state index in [2.05, 4.69) is 34.9 Å². The number of piperidine rings is 1. The van der Waals surface area contributed by atoms with E-state index < -0.39 is 29.9 Å². The molecule has 6 rings (SSSR count). The molecular weight excluding hydrogens is 596 g/mol. The lowest BCUT2D eigenvalue weighted by Gasteiger charge is -2.39. The molecule has 4 aromatic rings. The zero-order valence-corrected chi connectivity index (χ0v) is 26.6. The van der Waals surface area contributed by atoms with Crippen molar-refractivity contribution in [2.45, 2.75) is 50.8 Å². The minimum absolute atomic E-state index is 0.108. The van der Waals surface area contributed by atoms with Gasteiger partial charge in [-0.05, 0) is 79.8 Å². The van der Waals surface area contributed by atoms with Crippen LogP contribution < -0.4 is 16.2 Å². The monoisotopic (exact) mass is 634 g/mol. The summed E-state index contributed by atoms with van der Waals surface area (Å²) in [7, 11) is 0. The number of aromatic nitrogens is 1. The maximum absolute atomic E-state index is 13.4. The van der Waals surface area contributed by atoms with Crippen LogP contribution in [0.25, 0.3) is 16.8 Å². The van der Waals surface area contributed by atoms with Crippen molar-refractivity contribution in [2.24, 2.45) is 0 Å². The van der Waals surface area contributed by atoms with Gasteiger partial charge in [-0.15, -0.1) is 0 Å². The van der Waals surface area contributed by atoms with Crippen LogP contribution in [-0.2, 0) is 9.47 Å². The van der Waals surface area contributed by atoms with Crippen molar-refractivity contribution in [3.8, 4) is 16.8 Å². The quantitative estimate of drug-likeness (QED) is 0.290. The van der Waals surface area contributed by atoms with E-state index in [1.54, 1.807) is 63.4 Å². The number of hydrogen-bond donors (Lipinski definition) is 2. The smallest absolute Gasteiger partial charge is 0.410 e. The normalized spacial score (nSPS) is 17.3. The second-order valence-corrected chi connectivity index (χ2v) is 12.8. The van der Waals surface area contributed by atoms with E-state index in [0.29, 0.717) is 24.2 Å². The number of alkyl carbamates (subject to hydrolysis) is 1. The molecule has 0 unspecified atom stereocenters. The Labute approximate surface area is 273 Å². The summed E-state index contributed by atoms with van der Waals surface area (Å²) >= 11 is 0. The molecule has 2 aliphatic rings. The van der Waals surface area contributed by atoms with Gasteiger partial charge in [0, 0.05) is 42.5 Å². The van der Waals surface area contributed by atoms with Gasteiger partial charge in [0.1, 0.15) is 12.2 Å². The first-order valence-electron chi connectivity index (χ1n) is 15.8. The van der Waals surface area contributed by atoms with Crippen LogP contribution in [0.1, 0.15) is 54.6 Å². The maximum Gasteiger partial charge on any atom is 0.410 e. The fourth-order valence-electron chi connectivity index (χ4n) is 6.22. The van der Waals surface area contributed by atoms with Gasteiger partial charge in [-0.2, -0.15) is 0 Å². The van der Waals surface area contributed by atoms with E-state index >= 15 is 0 Å². The zero-order valence-electron chi connectivity index (χ0n) is 26.6. The molecule has 2 heterocycles. The Morgan fingerprint density at radius 2 is 1.45 bits per heavy atom. The molecular formula is C37H38N4O6. The lowest BCUT2D eigenvalue weighted by Crippen LogP contribution is -2.61. The number of carbonyl (C=O) groups excluding carboxylic acids is 3. The minimum atomic E-state index is -0.686. The van der Waals surface area contributed by atoms with Gasteiger partial charge in [0.2, 0.25) is 0 Å². The Morgan fingerprint density at radius 1 is 0.809 bits per heavy atom. The molecule has 1 aromatic heterocycles. The van der Waals surface area contributed by atoms with E-state index in [4.69, 9.17) is 9.47 Å². The van der Waals surface area contributed by atoms with Gasteiger partial charge in [-0.1, -0.05) is 54.6 Å². The second-order valence-electron chi connectivity index (χ2n) is 12.8. The fraction of sp³-hybridized carbons (Fsp3) is 0.297. The molecule has 47 heavy (non-hydrogen) atoms. The summed E-state index contributed by atoms with van der Waals surface area (Å²) < 4.78 is 12.9. The first-order chi connectivity index (χ1) is 22.6. The highest BCUT2D eigenvalue weighted by atomic mass is 16.6. The molecule has 3 aromatic carbocycles. The first-order valence-corrected chi connectivity index (χ1v) is 15.8. The average Bonchev–Trinajstić information content (AvgIpc) is 3.37. The third-order valence-electron chi connectivity index (χ3n) is 8.46. The maximum atomic E-state index is 13.4. The number of likely N-dealkylation sites (tertiary alicyclic amines) is 1. The summed E-state index contributed by atoms with van der Waals surface area (Å²) in [5, 5.41) is 5.95.